The number of anilines is 4. The van der Waals surface area contributed by atoms with Crippen molar-refractivity contribution in [2.75, 3.05) is 17.2 Å². The van der Waals surface area contributed by atoms with Crippen molar-refractivity contribution in [3.63, 3.8) is 0 Å². The number of hydrogen-bond acceptors (Lipinski definition) is 7. The maximum Gasteiger partial charge on any atom is 0.238 e. The summed E-state index contributed by atoms with van der Waals surface area (Å²) in [5.41, 5.74) is -3.05. The largest absolute Gasteiger partial charge is 0.329 e. The smallest absolute Gasteiger partial charge is 0.238 e. The lowest BCUT2D eigenvalue weighted by Gasteiger charge is -2.19. The molecule has 2 aromatic heterocycles. The Morgan fingerprint density at radius 2 is 2.13 bits per heavy atom. The predicted molar refractivity (Wildman–Crippen MR) is 121 cm³/mol. The van der Waals surface area contributed by atoms with E-state index in [0.29, 0.717) is 9.58 Å². The Morgan fingerprint density at radius 3 is 2.87 bits per heavy atom. The monoisotopic (exact) mass is 452 g/mol. The topological polar surface area (TPSA) is 119 Å². The lowest BCUT2D eigenvalue weighted by molar-refractivity contribution is 0.597. The molecule has 10 heteroatoms. The number of fused-ring (bicyclic) bond motifs is 1. The Hall–Kier alpha value is -3.50. The number of nitrogens with one attached hydrogen (secondary N) is 1. The second-order valence-electron chi connectivity index (χ2n) is 6.14. The first-order valence-electron chi connectivity index (χ1n) is 15.9. The number of aromatic nitrogens is 4. The van der Waals surface area contributed by atoms with E-state index in [0.717, 1.165) is 12.3 Å². The molecule has 0 unspecified atom stereocenters. The van der Waals surface area contributed by atoms with Gasteiger partial charge in [0.2, 0.25) is 16.0 Å². The first kappa shape index (κ1) is 9.33. The van der Waals surface area contributed by atoms with Crippen molar-refractivity contribution in [2.24, 2.45) is 12.1 Å². The van der Waals surface area contributed by atoms with Crippen molar-refractivity contribution in [2.45, 2.75) is 18.7 Å². The van der Waals surface area contributed by atoms with E-state index in [1.165, 1.54) is 6.92 Å². The number of aryl methyl sites for hydroxylation is 2. The summed E-state index contributed by atoms with van der Waals surface area (Å²) in [5, 5.41) is 11.2. The molecule has 0 saturated heterocycles. The average molecular weight is 453 g/mol. The minimum Gasteiger partial charge on any atom is -0.329 e. The highest BCUT2D eigenvalue weighted by Crippen LogP contribution is 2.28. The molecule has 0 spiro atoms. The van der Waals surface area contributed by atoms with Gasteiger partial charge in [0.05, 0.1) is 18.6 Å². The minimum atomic E-state index is -4.94. The second-order valence-corrected chi connectivity index (χ2v) is 7.64. The molecule has 0 saturated carbocycles. The number of primary sulfonamides is 1. The quantitative estimate of drug-likeness (QED) is 0.477. The van der Waals surface area contributed by atoms with Crippen LogP contribution in [0.3, 0.4) is 0 Å². The summed E-state index contributed by atoms with van der Waals surface area (Å²) >= 11 is 0. The molecule has 0 amide bonds. The summed E-state index contributed by atoms with van der Waals surface area (Å²) in [7, 11) is -4.94. The fourth-order valence-corrected chi connectivity index (χ4v) is 3.12. The molecule has 31 heavy (non-hydrogen) atoms. The lowest BCUT2D eigenvalue weighted by atomic mass is 10.2. The van der Waals surface area contributed by atoms with E-state index in [-0.39, 0.29) is 16.6 Å². The average Bonchev–Trinajstić information content (AvgIpc) is 3.25. The molecule has 0 aliphatic carbocycles. The van der Waals surface area contributed by atoms with Gasteiger partial charge in [0, 0.05) is 54.9 Å². The van der Waals surface area contributed by atoms with Gasteiger partial charge in [-0.15, -0.1) is 0 Å². The van der Waals surface area contributed by atoms with Crippen LogP contribution in [0, 0.1) is 13.8 Å². The number of sulfonamides is 1. The van der Waals surface area contributed by atoms with Crippen LogP contribution in [0.25, 0.3) is 10.9 Å². The molecule has 160 valence electrons. The van der Waals surface area contributed by atoms with E-state index in [4.69, 9.17) is 25.7 Å². The van der Waals surface area contributed by atoms with Gasteiger partial charge in [-0.1, -0.05) is 6.04 Å². The molecule has 4 rings (SSSR count). The summed E-state index contributed by atoms with van der Waals surface area (Å²) in [6.07, 6.45) is 0.983. The molecule has 4 aromatic rings. The summed E-state index contributed by atoms with van der Waals surface area (Å²) in [6, 6.07) is -4.24. The molecule has 3 N–H and O–H groups in total. The van der Waals surface area contributed by atoms with Crippen molar-refractivity contribution < 1.29 is 29.0 Å². The molecule has 2 aromatic carbocycles. The van der Waals surface area contributed by atoms with E-state index in [9.17, 15) is 8.42 Å². The number of nitrogens with two attached hydrogens (primary N) is 1. The fourth-order valence-electron chi connectivity index (χ4n) is 2.54. The molecule has 9 nitrogen and oxygen atoms in total. The van der Waals surface area contributed by atoms with Gasteiger partial charge >= 0.3 is 0 Å². The Balaban J connectivity index is 1.95. The van der Waals surface area contributed by atoms with Gasteiger partial charge in [0.25, 0.3) is 0 Å². The minimum absolute atomic E-state index is 0.0583. The third-order valence-electron chi connectivity index (χ3n) is 4.05. The maximum absolute atomic E-state index is 12.3. The Bertz CT molecular complexity index is 2000. The molecule has 0 atom stereocenters. The first-order valence-corrected chi connectivity index (χ1v) is 9.91. The summed E-state index contributed by atoms with van der Waals surface area (Å²) < 4.78 is 146. The molecular formula is C21H23N7O2S. The Morgan fingerprint density at radius 1 is 1.26 bits per heavy atom. The molecule has 2 heterocycles. The third-order valence-corrected chi connectivity index (χ3v) is 4.93. The molecule has 0 radical (unpaired) electrons. The Labute approximate surface area is 201 Å². The standard InChI is InChI=1S/C21H23N7O2S/c1-13-5-6-15(11-19(13)31(22,29)30)24-21-23-10-9-20(25-21)27(3)16-7-8-17-14(2)28(4)26-18(17)12-16/h5-12H,1-4H3,(H2,22,29,30)(H,23,24,25)/i1D3,3D3,4D3,5D,6D,7D,8D,11D,12D. The number of rotatable bonds is 5. The van der Waals surface area contributed by atoms with Gasteiger partial charge < -0.3 is 10.2 Å². The maximum atomic E-state index is 12.3. The van der Waals surface area contributed by atoms with Gasteiger partial charge in [-0.05, 0) is 55.6 Å². The van der Waals surface area contributed by atoms with Gasteiger partial charge in [-0.25, -0.2) is 18.5 Å². The van der Waals surface area contributed by atoms with E-state index in [1.807, 2.05) is 0 Å². The van der Waals surface area contributed by atoms with Crippen LogP contribution >= 0.6 is 0 Å². The summed E-state index contributed by atoms with van der Waals surface area (Å²) in [6.45, 7) is -7.97. The van der Waals surface area contributed by atoms with Crippen LogP contribution < -0.4 is 15.4 Å². The van der Waals surface area contributed by atoms with Crippen LogP contribution in [0.5, 0.6) is 0 Å². The van der Waals surface area contributed by atoms with Crippen molar-refractivity contribution in [3.8, 4) is 0 Å². The van der Waals surface area contributed by atoms with E-state index in [2.05, 4.69) is 20.4 Å². The van der Waals surface area contributed by atoms with Crippen LogP contribution in [-0.4, -0.2) is 35.1 Å². The number of benzene rings is 2. The zero-order valence-corrected chi connectivity index (χ0v) is 16.5. The van der Waals surface area contributed by atoms with Crippen LogP contribution in [0.4, 0.5) is 23.1 Å². The summed E-state index contributed by atoms with van der Waals surface area (Å²) in [4.78, 5) is 7.04. The molecule has 0 fully saturated rings. The number of hydrogen-bond donors (Lipinski definition) is 2. The van der Waals surface area contributed by atoms with Crippen LogP contribution in [0.1, 0.15) is 31.8 Å². The van der Waals surface area contributed by atoms with Crippen LogP contribution in [0.2, 0.25) is 0 Å². The second kappa shape index (κ2) is 7.64. The number of nitrogens with zero attached hydrogens (tertiary/aromatic N) is 5. The third kappa shape index (κ3) is 4.07. The Kier molecular flexibility index (Phi) is 2.30. The highest BCUT2D eigenvalue weighted by atomic mass is 32.2. The van der Waals surface area contributed by atoms with Crippen molar-refractivity contribution in [1.82, 2.24) is 19.7 Å². The zero-order chi connectivity index (χ0) is 35.1. The lowest BCUT2D eigenvalue weighted by Crippen LogP contribution is -2.14. The molecule has 0 aliphatic rings. The van der Waals surface area contributed by atoms with Crippen LogP contribution in [0.15, 0.2) is 53.4 Å². The normalized spacial score (nSPS) is 19.9. The van der Waals surface area contributed by atoms with E-state index >= 15 is 0 Å². The predicted octanol–water partition coefficient (Wildman–Crippen LogP) is 3.14. The van der Waals surface area contributed by atoms with E-state index < -0.39 is 101 Å². The first-order chi connectivity index (χ1) is 20.8. The van der Waals surface area contributed by atoms with Crippen molar-refractivity contribution in [3.05, 3.63) is 59.8 Å². The van der Waals surface area contributed by atoms with Crippen molar-refractivity contribution in [1.29, 1.82) is 0 Å². The van der Waals surface area contributed by atoms with Gasteiger partial charge in [0.15, 0.2) is 0 Å². The van der Waals surface area contributed by atoms with Gasteiger partial charge in [-0.3, -0.25) is 4.68 Å². The van der Waals surface area contributed by atoms with Crippen LogP contribution in [-0.2, 0) is 17.0 Å². The van der Waals surface area contributed by atoms with E-state index in [1.54, 1.807) is 0 Å². The SMILES string of the molecule is [2H]c1c([2H])c(C([2H])([2H])[2H])c(S(N)(=O)=O)c([2H])c1Nc1nccc(N(c2c([2H])c([2H])c3c(C)n(C([2H])([2H])[2H])nc3c2[2H])C([2H])([2H])[2H])n1. The molecule has 0 aliphatic heterocycles. The molecular weight excluding hydrogens is 414 g/mol. The van der Waals surface area contributed by atoms with Crippen molar-refractivity contribution >= 4 is 44.1 Å². The van der Waals surface area contributed by atoms with Gasteiger partial charge in [0.1, 0.15) is 5.82 Å². The highest BCUT2D eigenvalue weighted by Gasteiger charge is 2.14. The zero-order valence-electron chi connectivity index (χ0n) is 30.7. The fraction of sp³-hybridized carbons (Fsp3) is 0.190. The highest BCUT2D eigenvalue weighted by molar-refractivity contribution is 7.89. The molecule has 0 bridgehead atoms. The summed E-state index contributed by atoms with van der Waals surface area (Å²) in [5.74, 6) is -1.14. The van der Waals surface area contributed by atoms with Gasteiger partial charge in [-0.2, -0.15) is 10.1 Å².